The Balaban J connectivity index is 2.19. The zero-order valence-electron chi connectivity index (χ0n) is 10.8. The van der Waals surface area contributed by atoms with Crippen molar-refractivity contribution in [3.8, 4) is 5.75 Å². The van der Waals surface area contributed by atoms with Gasteiger partial charge in [0.05, 0.1) is 23.8 Å². The number of aryl methyl sites for hydroxylation is 1. The molecular formula is C13H15BrClN3O. The van der Waals surface area contributed by atoms with Gasteiger partial charge in [0, 0.05) is 24.0 Å². The Morgan fingerprint density at radius 3 is 2.95 bits per heavy atom. The first-order valence-corrected chi connectivity index (χ1v) is 7.09. The lowest BCUT2D eigenvalue weighted by atomic mass is 10.3. The average molecular weight is 345 g/mol. The standard InChI is InChI=1S/C13H15BrClN3O/c1-3-18-5-4-16-12(18)8-17-11-7-9(15)6-10(14)13(11)19-2/h4-7,17H,3,8H2,1-2H3. The van der Waals surface area contributed by atoms with Gasteiger partial charge in [-0.1, -0.05) is 11.6 Å². The van der Waals surface area contributed by atoms with E-state index >= 15 is 0 Å². The average Bonchev–Trinajstić information content (AvgIpc) is 2.83. The minimum Gasteiger partial charge on any atom is -0.493 e. The van der Waals surface area contributed by atoms with E-state index in [1.807, 2.05) is 12.3 Å². The highest BCUT2D eigenvalue weighted by Crippen LogP contribution is 2.36. The fourth-order valence-electron chi connectivity index (χ4n) is 1.87. The summed E-state index contributed by atoms with van der Waals surface area (Å²) < 4.78 is 8.27. The highest BCUT2D eigenvalue weighted by molar-refractivity contribution is 9.10. The van der Waals surface area contributed by atoms with Crippen LogP contribution in [-0.2, 0) is 13.1 Å². The van der Waals surface area contributed by atoms with Gasteiger partial charge in [-0.3, -0.25) is 0 Å². The van der Waals surface area contributed by atoms with Crippen LogP contribution in [0.25, 0.3) is 0 Å². The smallest absolute Gasteiger partial charge is 0.156 e. The van der Waals surface area contributed by atoms with Crippen LogP contribution >= 0.6 is 27.5 Å². The number of halogens is 2. The number of anilines is 1. The minimum absolute atomic E-state index is 0.615. The predicted molar refractivity (Wildman–Crippen MR) is 80.9 cm³/mol. The maximum Gasteiger partial charge on any atom is 0.156 e. The SMILES string of the molecule is CCn1ccnc1CNc1cc(Cl)cc(Br)c1OC. The zero-order valence-corrected chi connectivity index (χ0v) is 13.1. The molecule has 2 rings (SSSR count). The van der Waals surface area contributed by atoms with Crippen LogP contribution in [0.4, 0.5) is 5.69 Å². The number of nitrogens with one attached hydrogen (secondary N) is 1. The number of rotatable bonds is 5. The first kappa shape index (κ1) is 14.2. The Morgan fingerprint density at radius 2 is 2.26 bits per heavy atom. The van der Waals surface area contributed by atoms with Crippen LogP contribution in [0.1, 0.15) is 12.7 Å². The highest BCUT2D eigenvalue weighted by Gasteiger charge is 2.10. The second kappa shape index (κ2) is 6.30. The second-order valence-electron chi connectivity index (χ2n) is 3.95. The second-order valence-corrected chi connectivity index (χ2v) is 5.24. The number of imidazole rings is 1. The molecule has 0 saturated carbocycles. The molecule has 1 aromatic carbocycles. The number of nitrogens with zero attached hydrogens (tertiary/aromatic N) is 2. The van der Waals surface area contributed by atoms with Gasteiger partial charge in [0.15, 0.2) is 5.75 Å². The van der Waals surface area contributed by atoms with E-state index in [9.17, 15) is 0 Å². The van der Waals surface area contributed by atoms with Crippen molar-refractivity contribution in [3.05, 3.63) is 39.8 Å². The van der Waals surface area contributed by atoms with E-state index in [0.29, 0.717) is 11.6 Å². The molecule has 102 valence electrons. The number of ether oxygens (including phenoxy) is 1. The molecule has 1 aromatic heterocycles. The van der Waals surface area contributed by atoms with Crippen LogP contribution in [0.3, 0.4) is 0 Å². The van der Waals surface area contributed by atoms with Gasteiger partial charge in [0.25, 0.3) is 0 Å². The summed E-state index contributed by atoms with van der Waals surface area (Å²) in [6.07, 6.45) is 3.76. The molecule has 4 nitrogen and oxygen atoms in total. The molecule has 0 aliphatic heterocycles. The number of hydrogen-bond acceptors (Lipinski definition) is 3. The van der Waals surface area contributed by atoms with Crippen molar-refractivity contribution >= 4 is 33.2 Å². The lowest BCUT2D eigenvalue weighted by molar-refractivity contribution is 0.413. The Hall–Kier alpha value is -1.20. The van der Waals surface area contributed by atoms with Crippen molar-refractivity contribution < 1.29 is 4.74 Å². The molecule has 0 atom stereocenters. The van der Waals surface area contributed by atoms with E-state index in [-0.39, 0.29) is 0 Å². The van der Waals surface area contributed by atoms with Gasteiger partial charge in [-0.05, 0) is 35.0 Å². The van der Waals surface area contributed by atoms with Gasteiger partial charge in [-0.2, -0.15) is 0 Å². The Kier molecular flexibility index (Phi) is 4.71. The van der Waals surface area contributed by atoms with Crippen molar-refractivity contribution in [1.82, 2.24) is 9.55 Å². The third-order valence-electron chi connectivity index (χ3n) is 2.79. The van der Waals surface area contributed by atoms with Crippen LogP contribution in [0, 0.1) is 0 Å². The summed E-state index contributed by atoms with van der Waals surface area (Å²) in [5.41, 5.74) is 0.840. The molecule has 0 aliphatic carbocycles. The molecule has 0 bridgehead atoms. The molecule has 0 radical (unpaired) electrons. The Morgan fingerprint density at radius 1 is 1.47 bits per heavy atom. The van der Waals surface area contributed by atoms with Crippen LogP contribution in [0.5, 0.6) is 5.75 Å². The largest absolute Gasteiger partial charge is 0.493 e. The van der Waals surface area contributed by atoms with Gasteiger partial charge in [0.2, 0.25) is 0 Å². The van der Waals surface area contributed by atoms with E-state index in [1.165, 1.54) is 0 Å². The van der Waals surface area contributed by atoms with E-state index < -0.39 is 0 Å². The maximum absolute atomic E-state index is 6.05. The van der Waals surface area contributed by atoms with E-state index in [4.69, 9.17) is 16.3 Å². The molecule has 0 fully saturated rings. The zero-order chi connectivity index (χ0) is 13.8. The molecule has 0 amide bonds. The Bertz CT molecular complexity index is 571. The molecular weight excluding hydrogens is 330 g/mol. The van der Waals surface area contributed by atoms with Crippen molar-refractivity contribution in [3.63, 3.8) is 0 Å². The van der Waals surface area contributed by atoms with Gasteiger partial charge in [-0.15, -0.1) is 0 Å². The topological polar surface area (TPSA) is 39.1 Å². The molecule has 19 heavy (non-hydrogen) atoms. The molecule has 0 aliphatic rings. The molecule has 0 saturated heterocycles. The first-order valence-electron chi connectivity index (χ1n) is 5.92. The van der Waals surface area contributed by atoms with Crippen molar-refractivity contribution in [1.29, 1.82) is 0 Å². The summed E-state index contributed by atoms with van der Waals surface area (Å²) in [4.78, 5) is 4.32. The Labute approximate surface area is 125 Å². The fraction of sp³-hybridized carbons (Fsp3) is 0.308. The lowest BCUT2D eigenvalue weighted by Gasteiger charge is -2.13. The summed E-state index contributed by atoms with van der Waals surface area (Å²) >= 11 is 9.49. The summed E-state index contributed by atoms with van der Waals surface area (Å²) in [6.45, 7) is 3.60. The van der Waals surface area contributed by atoms with Crippen LogP contribution in [-0.4, -0.2) is 16.7 Å². The summed E-state index contributed by atoms with van der Waals surface area (Å²) in [5, 5.41) is 3.95. The van der Waals surface area contributed by atoms with Crippen molar-refractivity contribution in [2.24, 2.45) is 0 Å². The molecule has 2 aromatic rings. The van der Waals surface area contributed by atoms with Crippen molar-refractivity contribution in [2.75, 3.05) is 12.4 Å². The van der Waals surface area contributed by atoms with Gasteiger partial charge in [0.1, 0.15) is 5.82 Å². The van der Waals surface area contributed by atoms with E-state index in [2.05, 4.69) is 37.7 Å². The van der Waals surface area contributed by atoms with Gasteiger partial charge >= 0.3 is 0 Å². The van der Waals surface area contributed by atoms with Crippen LogP contribution in [0.2, 0.25) is 5.02 Å². The molecule has 1 N–H and O–H groups in total. The van der Waals surface area contributed by atoms with Gasteiger partial charge < -0.3 is 14.6 Å². The number of hydrogen-bond donors (Lipinski definition) is 1. The summed E-state index contributed by atoms with van der Waals surface area (Å²) in [5.74, 6) is 1.71. The third-order valence-corrected chi connectivity index (χ3v) is 3.60. The highest BCUT2D eigenvalue weighted by atomic mass is 79.9. The van der Waals surface area contributed by atoms with Crippen LogP contribution < -0.4 is 10.1 Å². The monoisotopic (exact) mass is 343 g/mol. The maximum atomic E-state index is 6.05. The van der Waals surface area contributed by atoms with Crippen LogP contribution in [0.15, 0.2) is 29.0 Å². The number of aromatic nitrogens is 2. The quantitative estimate of drug-likeness (QED) is 0.893. The van der Waals surface area contributed by atoms with E-state index in [0.717, 1.165) is 28.3 Å². The van der Waals surface area contributed by atoms with E-state index in [1.54, 1.807) is 19.4 Å². The number of methoxy groups -OCH3 is 1. The molecule has 1 heterocycles. The van der Waals surface area contributed by atoms with Gasteiger partial charge in [-0.25, -0.2) is 4.98 Å². The minimum atomic E-state index is 0.615. The molecule has 0 unspecified atom stereocenters. The molecule has 6 heteroatoms. The molecule has 0 spiro atoms. The first-order chi connectivity index (χ1) is 9.15. The fourth-order valence-corrected chi connectivity index (χ4v) is 2.84. The predicted octanol–water partition coefficient (Wildman–Crippen LogP) is 3.94. The lowest BCUT2D eigenvalue weighted by Crippen LogP contribution is -2.08. The summed E-state index contributed by atoms with van der Waals surface area (Å²) in [7, 11) is 1.63. The number of benzene rings is 1. The van der Waals surface area contributed by atoms with Crippen molar-refractivity contribution in [2.45, 2.75) is 20.0 Å². The normalized spacial score (nSPS) is 10.5. The summed E-state index contributed by atoms with van der Waals surface area (Å²) in [6, 6.07) is 3.64. The third kappa shape index (κ3) is 3.22.